The molecule has 3 N–H and O–H groups in total. The minimum Gasteiger partial charge on any atom is -0.444 e. The number of nitrogens with zero attached hydrogens (tertiary/aromatic N) is 7. The Bertz CT molecular complexity index is 2450. The molecule has 0 bridgehead atoms. The first-order valence-electron chi connectivity index (χ1n) is 25.9. The zero-order valence-corrected chi connectivity index (χ0v) is 41.1. The number of likely N-dealkylation sites (tertiary alicyclic amines) is 3. The summed E-state index contributed by atoms with van der Waals surface area (Å²) in [6.45, 7) is 17.4. The fraction of sp³-hybridized carbons (Fsp3) is 0.604. The molecule has 0 atom stereocenters. The topological polar surface area (TPSA) is 157 Å². The van der Waals surface area contributed by atoms with Crippen LogP contribution in [0.3, 0.4) is 0 Å². The summed E-state index contributed by atoms with van der Waals surface area (Å²) >= 11 is 0. The number of piperidine rings is 4. The molecule has 0 saturated carbocycles. The van der Waals surface area contributed by atoms with E-state index in [0.29, 0.717) is 43.9 Å². The fourth-order valence-corrected chi connectivity index (χ4v) is 11.5. The number of hydrogen-bond acceptors (Lipinski definition) is 9. The van der Waals surface area contributed by atoms with Crippen LogP contribution in [-0.2, 0) is 14.3 Å². The van der Waals surface area contributed by atoms with Crippen molar-refractivity contribution in [3.8, 4) is 0 Å². The average molecular weight is 947 g/mol. The van der Waals surface area contributed by atoms with Crippen LogP contribution >= 0.6 is 0 Å². The number of hydrogen-bond donors (Lipinski definition) is 3. The van der Waals surface area contributed by atoms with Crippen LogP contribution in [0.4, 0.5) is 25.8 Å². The summed E-state index contributed by atoms with van der Waals surface area (Å²) in [6, 6.07) is 16.7. The molecule has 0 radical (unpaired) electrons. The third-order valence-corrected chi connectivity index (χ3v) is 15.5. The van der Waals surface area contributed by atoms with Gasteiger partial charge in [0, 0.05) is 100 Å². The van der Waals surface area contributed by atoms with Crippen molar-refractivity contribution in [2.75, 3.05) is 88.3 Å². The van der Waals surface area contributed by atoms with Gasteiger partial charge in [0.05, 0.1) is 22.4 Å². The van der Waals surface area contributed by atoms with E-state index in [1.807, 2.05) is 49.9 Å². The number of amides is 7. The first-order valence-corrected chi connectivity index (χ1v) is 25.9. The van der Waals surface area contributed by atoms with Gasteiger partial charge in [0.2, 0.25) is 11.8 Å². The van der Waals surface area contributed by atoms with Crippen molar-refractivity contribution < 1.29 is 28.7 Å². The highest BCUT2D eigenvalue weighted by molar-refractivity contribution is 6.10. The van der Waals surface area contributed by atoms with Gasteiger partial charge in [0.15, 0.2) is 0 Å². The Morgan fingerprint density at radius 1 is 0.580 bits per heavy atom. The number of urea groups is 2. The van der Waals surface area contributed by atoms with Crippen molar-refractivity contribution in [3.63, 3.8) is 0 Å². The summed E-state index contributed by atoms with van der Waals surface area (Å²) in [7, 11) is 0. The van der Waals surface area contributed by atoms with Crippen LogP contribution in [0.1, 0.15) is 110 Å². The monoisotopic (exact) mass is 947 g/mol. The number of nitrogens with one attached hydrogen (secondary N) is 3. The number of carbonyl (C=O) groups is 5. The minimum atomic E-state index is -0.444. The highest BCUT2D eigenvalue weighted by atomic mass is 16.6. The Hall–Kier alpha value is -5.45. The molecule has 6 fully saturated rings. The molecule has 6 aliphatic rings. The smallest absolute Gasteiger partial charge is 0.410 e. The van der Waals surface area contributed by atoms with Crippen molar-refractivity contribution in [3.05, 3.63) is 60.9 Å². The Labute approximate surface area is 407 Å². The summed E-state index contributed by atoms with van der Waals surface area (Å²) in [4.78, 5) is 70.6. The second kappa shape index (κ2) is 21.7. The van der Waals surface area contributed by atoms with E-state index < -0.39 is 5.60 Å². The van der Waals surface area contributed by atoms with Crippen molar-refractivity contribution >= 4 is 63.2 Å². The van der Waals surface area contributed by atoms with E-state index in [-0.39, 0.29) is 30.0 Å². The van der Waals surface area contributed by atoms with E-state index in [2.05, 4.69) is 71.5 Å². The van der Waals surface area contributed by atoms with Gasteiger partial charge in [-0.3, -0.25) is 30.0 Å². The minimum absolute atomic E-state index is 0.183. The maximum Gasteiger partial charge on any atom is 0.410 e. The molecule has 69 heavy (non-hydrogen) atoms. The lowest BCUT2D eigenvalue weighted by Gasteiger charge is -2.36. The SMILES string of the molecule is CC(C)(C)OC(=O)N1CCC(CCN2CCC(n3ccc4c(N5CCC(=O)NC5=O)cccc43)CC2)CC1.O=C1CCN(c2cccc3c2ccn3C2CCN(CCC3CCNCC3)CC2)C(=O)N1. The third kappa shape index (κ3) is 11.8. The molecular weight excluding hydrogens is 873 g/mol. The summed E-state index contributed by atoms with van der Waals surface area (Å²) in [6.07, 6.45) is 16.6. The molecule has 2 aromatic carbocycles. The molecule has 10 rings (SSSR count). The highest BCUT2D eigenvalue weighted by Gasteiger charge is 2.31. The number of imide groups is 2. The van der Waals surface area contributed by atoms with E-state index in [0.717, 1.165) is 105 Å². The van der Waals surface area contributed by atoms with Gasteiger partial charge in [-0.1, -0.05) is 12.1 Å². The molecule has 0 spiro atoms. The molecule has 4 aromatic rings. The van der Waals surface area contributed by atoms with Gasteiger partial charge < -0.3 is 33.9 Å². The number of ether oxygens (including phenoxy) is 1. The predicted octanol–water partition coefficient (Wildman–Crippen LogP) is 7.88. The summed E-state index contributed by atoms with van der Waals surface area (Å²) < 4.78 is 10.3. The standard InChI is InChI=1S/C29H41N5O4.C24H33N5O2/c1-29(2,3)38-28(37)32-17-8-21(9-18-32)7-14-31-15-10-22(11-16-31)33-19-12-23-24(33)5-4-6-25(23)34-20-13-26(35)30-27(34)36;30-23-10-17-29(24(31)26-23)22-3-1-2-21-20(22)9-16-28(21)19-7-14-27(15-8-19)13-6-18-4-11-25-12-5-18/h4-6,12,19,21-22H,7-11,13-18,20H2,1-3H3,(H,30,35,36);1-3,9,16,18-19,25H,4-8,10-15,17H2,(H,26,30,31). The summed E-state index contributed by atoms with van der Waals surface area (Å²) in [5.74, 6) is 1.15. The lowest BCUT2D eigenvalue weighted by molar-refractivity contribution is -0.121. The summed E-state index contributed by atoms with van der Waals surface area (Å²) in [5, 5.41) is 10.5. The lowest BCUT2D eigenvalue weighted by atomic mass is 9.93. The van der Waals surface area contributed by atoms with Crippen LogP contribution < -0.4 is 25.8 Å². The van der Waals surface area contributed by atoms with Crippen LogP contribution in [-0.4, -0.2) is 138 Å². The summed E-state index contributed by atoms with van der Waals surface area (Å²) in [5.41, 5.74) is 3.63. The van der Waals surface area contributed by atoms with Gasteiger partial charge in [-0.25, -0.2) is 14.4 Å². The molecule has 16 nitrogen and oxygen atoms in total. The van der Waals surface area contributed by atoms with Crippen LogP contribution in [0.5, 0.6) is 0 Å². The predicted molar refractivity (Wildman–Crippen MR) is 270 cm³/mol. The Morgan fingerprint density at radius 3 is 1.46 bits per heavy atom. The van der Waals surface area contributed by atoms with Gasteiger partial charge in [-0.15, -0.1) is 0 Å². The second-order valence-corrected chi connectivity index (χ2v) is 21.2. The lowest BCUT2D eigenvalue weighted by Crippen LogP contribution is -2.49. The van der Waals surface area contributed by atoms with Gasteiger partial charge in [0.1, 0.15) is 5.60 Å². The number of rotatable bonds is 10. The maximum absolute atomic E-state index is 12.4. The molecule has 0 aliphatic carbocycles. The van der Waals surface area contributed by atoms with Crippen LogP contribution in [0, 0.1) is 11.8 Å². The van der Waals surface area contributed by atoms with Crippen molar-refractivity contribution in [1.29, 1.82) is 0 Å². The maximum atomic E-state index is 12.4. The van der Waals surface area contributed by atoms with E-state index in [4.69, 9.17) is 4.74 Å². The zero-order valence-electron chi connectivity index (χ0n) is 41.1. The second-order valence-electron chi connectivity index (χ2n) is 21.2. The van der Waals surface area contributed by atoms with E-state index >= 15 is 0 Å². The molecule has 7 amide bonds. The van der Waals surface area contributed by atoms with Crippen LogP contribution in [0.2, 0.25) is 0 Å². The van der Waals surface area contributed by atoms with Gasteiger partial charge >= 0.3 is 18.2 Å². The normalized spacial score (nSPS) is 21.4. The molecular formula is C53H74N10O6. The molecule has 16 heteroatoms. The van der Waals surface area contributed by atoms with E-state index in [1.165, 1.54) is 63.7 Å². The van der Waals surface area contributed by atoms with Crippen molar-refractivity contribution in [2.45, 2.75) is 116 Å². The number of anilines is 2. The average Bonchev–Trinajstić information content (AvgIpc) is 3.99. The van der Waals surface area contributed by atoms with Crippen LogP contribution in [0.15, 0.2) is 60.9 Å². The molecule has 6 saturated heterocycles. The zero-order chi connectivity index (χ0) is 48.1. The largest absolute Gasteiger partial charge is 0.444 e. The Morgan fingerprint density at radius 2 is 1.03 bits per heavy atom. The quantitative estimate of drug-likeness (QED) is 0.144. The van der Waals surface area contributed by atoms with Crippen LogP contribution in [0.25, 0.3) is 21.8 Å². The molecule has 2 aromatic heterocycles. The Kier molecular flexibility index (Phi) is 15.3. The highest BCUT2D eigenvalue weighted by Crippen LogP contribution is 2.36. The number of benzene rings is 2. The van der Waals surface area contributed by atoms with Crippen molar-refractivity contribution in [1.82, 2.24) is 39.8 Å². The fourth-order valence-electron chi connectivity index (χ4n) is 11.5. The number of carbonyl (C=O) groups excluding carboxylic acids is 5. The first kappa shape index (κ1) is 48.6. The molecule has 0 unspecified atom stereocenters. The van der Waals surface area contributed by atoms with Gasteiger partial charge in [-0.2, -0.15) is 0 Å². The first-order chi connectivity index (χ1) is 33.4. The number of aromatic nitrogens is 2. The molecule has 6 aliphatic heterocycles. The number of fused-ring (bicyclic) bond motifs is 2. The van der Waals surface area contributed by atoms with Gasteiger partial charge in [-0.05, 0) is 159 Å². The third-order valence-electron chi connectivity index (χ3n) is 15.5. The molecule has 372 valence electrons. The Balaban J connectivity index is 0.000000175. The molecule has 8 heterocycles. The van der Waals surface area contributed by atoms with E-state index in [9.17, 15) is 24.0 Å². The van der Waals surface area contributed by atoms with E-state index in [1.54, 1.807) is 9.80 Å². The van der Waals surface area contributed by atoms with Gasteiger partial charge in [0.25, 0.3) is 0 Å². The van der Waals surface area contributed by atoms with Crippen molar-refractivity contribution in [2.24, 2.45) is 11.8 Å².